The van der Waals surface area contributed by atoms with Crippen molar-refractivity contribution in [1.29, 1.82) is 0 Å². The van der Waals surface area contributed by atoms with Crippen LogP contribution in [-0.2, 0) is 14.3 Å². The van der Waals surface area contributed by atoms with Gasteiger partial charge in [-0.2, -0.15) is 0 Å². The fourth-order valence-corrected chi connectivity index (χ4v) is 1.59. The molecule has 0 bridgehead atoms. The Morgan fingerprint density at radius 2 is 2.13 bits per heavy atom. The highest BCUT2D eigenvalue weighted by Gasteiger charge is 2.15. The number of rotatable bonds is 3. The van der Waals surface area contributed by atoms with E-state index in [1.807, 2.05) is 0 Å². The fourth-order valence-electron chi connectivity index (χ4n) is 1.59. The van der Waals surface area contributed by atoms with Crippen LogP contribution in [0.5, 0.6) is 0 Å². The smallest absolute Gasteiger partial charge is 0.341 e. The van der Waals surface area contributed by atoms with Crippen molar-refractivity contribution in [3.05, 3.63) is 23.3 Å². The molecule has 0 atom stereocenters. The maximum Gasteiger partial charge on any atom is 0.341 e. The van der Waals surface area contributed by atoms with Crippen LogP contribution in [-0.4, -0.2) is 18.9 Å². The highest BCUT2D eigenvalue weighted by molar-refractivity contribution is 6.16. The average Bonchev–Trinajstić information content (AvgIpc) is 2.26. The molecule has 1 aliphatic rings. The minimum Gasteiger partial charge on any atom is -0.465 e. The summed E-state index contributed by atoms with van der Waals surface area (Å²) in [5.74, 6) is -0.790. The van der Waals surface area contributed by atoms with Gasteiger partial charge in [0.25, 0.3) is 0 Å². The summed E-state index contributed by atoms with van der Waals surface area (Å²) in [6.45, 7) is 1.38. The van der Waals surface area contributed by atoms with Gasteiger partial charge in [-0.25, -0.2) is 4.79 Å². The molecule has 0 aliphatic heterocycles. The van der Waals surface area contributed by atoms with Crippen molar-refractivity contribution in [3.63, 3.8) is 0 Å². The van der Waals surface area contributed by atoms with Crippen molar-refractivity contribution < 1.29 is 14.3 Å². The van der Waals surface area contributed by atoms with Gasteiger partial charge in [0.05, 0.1) is 7.11 Å². The van der Waals surface area contributed by atoms with E-state index in [0.717, 1.165) is 24.8 Å². The van der Waals surface area contributed by atoms with Gasteiger partial charge in [0.2, 0.25) is 0 Å². The second-order valence-corrected chi connectivity index (χ2v) is 3.63. The molecule has 0 spiro atoms. The van der Waals surface area contributed by atoms with Crippen molar-refractivity contribution in [2.45, 2.75) is 32.6 Å². The third-order valence-electron chi connectivity index (χ3n) is 2.44. The van der Waals surface area contributed by atoms with Crippen LogP contribution in [0.3, 0.4) is 0 Å². The SMILES string of the molecule is COC(=O)C(=CC1=CCCCC1)C(C)=O. The molecule has 0 saturated heterocycles. The summed E-state index contributed by atoms with van der Waals surface area (Å²) in [6, 6.07) is 0. The van der Waals surface area contributed by atoms with Crippen molar-refractivity contribution in [3.8, 4) is 0 Å². The lowest BCUT2D eigenvalue weighted by atomic mass is 9.97. The molecule has 0 fully saturated rings. The molecule has 0 aromatic rings. The number of ether oxygens (including phenoxy) is 1. The van der Waals surface area contributed by atoms with Crippen LogP contribution in [0.15, 0.2) is 23.3 Å². The van der Waals surface area contributed by atoms with E-state index in [2.05, 4.69) is 10.8 Å². The van der Waals surface area contributed by atoms with E-state index >= 15 is 0 Å². The van der Waals surface area contributed by atoms with Crippen LogP contribution in [0.2, 0.25) is 0 Å². The number of hydrogen-bond acceptors (Lipinski definition) is 3. The van der Waals surface area contributed by atoms with Crippen LogP contribution in [0, 0.1) is 0 Å². The van der Waals surface area contributed by atoms with E-state index in [-0.39, 0.29) is 11.4 Å². The normalized spacial score (nSPS) is 16.9. The quantitative estimate of drug-likeness (QED) is 0.309. The first-order chi connectivity index (χ1) is 7.15. The molecule has 0 N–H and O–H groups in total. The summed E-state index contributed by atoms with van der Waals surface area (Å²) >= 11 is 0. The predicted octanol–water partition coefficient (Wildman–Crippen LogP) is 2.18. The summed E-state index contributed by atoms with van der Waals surface area (Å²) in [7, 11) is 1.29. The van der Waals surface area contributed by atoms with E-state index < -0.39 is 5.97 Å². The zero-order valence-corrected chi connectivity index (χ0v) is 9.21. The lowest BCUT2D eigenvalue weighted by Gasteiger charge is -2.09. The maximum atomic E-state index is 11.3. The van der Waals surface area contributed by atoms with Crippen LogP contribution < -0.4 is 0 Å². The fraction of sp³-hybridized carbons (Fsp3) is 0.500. The highest BCUT2D eigenvalue weighted by atomic mass is 16.5. The standard InChI is InChI=1S/C12H16O3/c1-9(13)11(12(14)15-2)8-10-6-4-3-5-7-10/h6,8H,3-5,7H2,1-2H3. The first kappa shape index (κ1) is 11.7. The van der Waals surface area contributed by atoms with Gasteiger partial charge in [-0.1, -0.05) is 11.6 Å². The Kier molecular flexibility index (Phi) is 4.28. The zero-order valence-electron chi connectivity index (χ0n) is 9.21. The minimum absolute atomic E-state index is 0.144. The van der Waals surface area contributed by atoms with Crippen LogP contribution in [0.25, 0.3) is 0 Å². The van der Waals surface area contributed by atoms with Crippen molar-refractivity contribution in [2.24, 2.45) is 0 Å². The molecule has 15 heavy (non-hydrogen) atoms. The van der Waals surface area contributed by atoms with Gasteiger partial charge >= 0.3 is 5.97 Å². The Morgan fingerprint density at radius 3 is 2.60 bits per heavy atom. The van der Waals surface area contributed by atoms with Crippen LogP contribution >= 0.6 is 0 Å². The first-order valence-corrected chi connectivity index (χ1v) is 5.15. The van der Waals surface area contributed by atoms with Gasteiger partial charge in [-0.3, -0.25) is 4.79 Å². The summed E-state index contributed by atoms with van der Waals surface area (Å²) < 4.78 is 4.56. The Bertz CT molecular complexity index is 324. The number of esters is 1. The third kappa shape index (κ3) is 3.35. The van der Waals surface area contributed by atoms with Crippen molar-refractivity contribution in [1.82, 2.24) is 0 Å². The predicted molar refractivity (Wildman–Crippen MR) is 57.3 cm³/mol. The highest BCUT2D eigenvalue weighted by Crippen LogP contribution is 2.20. The van der Waals surface area contributed by atoms with E-state index in [4.69, 9.17) is 0 Å². The molecule has 0 radical (unpaired) electrons. The number of ketones is 1. The molecule has 1 rings (SSSR count). The average molecular weight is 208 g/mol. The lowest BCUT2D eigenvalue weighted by Crippen LogP contribution is -2.12. The monoisotopic (exact) mass is 208 g/mol. The molecule has 3 heteroatoms. The van der Waals surface area contributed by atoms with Gasteiger partial charge < -0.3 is 4.74 Å². The topological polar surface area (TPSA) is 43.4 Å². The number of Topliss-reactive ketones (excluding diaryl/α,β-unsaturated/α-hetero) is 1. The molecule has 82 valence electrons. The molecule has 0 heterocycles. The summed E-state index contributed by atoms with van der Waals surface area (Å²) in [5.41, 5.74) is 1.21. The second kappa shape index (κ2) is 5.49. The van der Waals surface area contributed by atoms with E-state index in [9.17, 15) is 9.59 Å². The number of hydrogen-bond donors (Lipinski definition) is 0. The number of allylic oxidation sites excluding steroid dienone is 3. The van der Waals surface area contributed by atoms with Crippen molar-refractivity contribution in [2.75, 3.05) is 7.11 Å². The molecule has 0 saturated carbocycles. The Balaban J connectivity index is 2.87. The molecule has 0 aromatic carbocycles. The van der Waals surface area contributed by atoms with Crippen molar-refractivity contribution >= 4 is 11.8 Å². The molecule has 0 aromatic heterocycles. The molecule has 1 aliphatic carbocycles. The van der Waals surface area contributed by atoms with Crippen LogP contribution in [0.1, 0.15) is 32.6 Å². The Labute approximate surface area is 89.8 Å². The summed E-state index contributed by atoms with van der Waals surface area (Å²) in [5, 5.41) is 0. The number of carbonyl (C=O) groups is 2. The minimum atomic E-state index is -0.547. The van der Waals surface area contributed by atoms with E-state index in [1.165, 1.54) is 20.5 Å². The molecule has 3 nitrogen and oxygen atoms in total. The third-order valence-corrected chi connectivity index (χ3v) is 2.44. The lowest BCUT2D eigenvalue weighted by molar-refractivity contribution is -0.137. The zero-order chi connectivity index (χ0) is 11.3. The number of carbonyl (C=O) groups excluding carboxylic acids is 2. The van der Waals surface area contributed by atoms with Gasteiger partial charge in [0.15, 0.2) is 5.78 Å². The van der Waals surface area contributed by atoms with Gasteiger partial charge in [-0.05, 0) is 38.7 Å². The number of methoxy groups -OCH3 is 1. The van der Waals surface area contributed by atoms with E-state index in [0.29, 0.717) is 0 Å². The van der Waals surface area contributed by atoms with Crippen LogP contribution in [0.4, 0.5) is 0 Å². The summed E-state index contributed by atoms with van der Waals surface area (Å²) in [6.07, 6.45) is 8.01. The second-order valence-electron chi connectivity index (χ2n) is 3.63. The largest absolute Gasteiger partial charge is 0.465 e. The molecular formula is C12H16O3. The Morgan fingerprint density at radius 1 is 1.40 bits per heavy atom. The van der Waals surface area contributed by atoms with Gasteiger partial charge in [-0.15, -0.1) is 0 Å². The molecule has 0 unspecified atom stereocenters. The van der Waals surface area contributed by atoms with Gasteiger partial charge in [0, 0.05) is 0 Å². The summed E-state index contributed by atoms with van der Waals surface area (Å²) in [4.78, 5) is 22.5. The van der Waals surface area contributed by atoms with E-state index in [1.54, 1.807) is 6.08 Å². The van der Waals surface area contributed by atoms with Gasteiger partial charge in [0.1, 0.15) is 5.57 Å². The molecule has 0 amide bonds. The molecular weight excluding hydrogens is 192 g/mol. The Hall–Kier alpha value is -1.38. The first-order valence-electron chi connectivity index (χ1n) is 5.15. The maximum absolute atomic E-state index is 11.3.